The Morgan fingerprint density at radius 3 is 2.83 bits per heavy atom. The SMILES string of the molecule is O=C(N[C@H](Nc1ccc(Cl)cn1)C(Cl)(Cl)Cl)OC[C@H]1CCCO1. The summed E-state index contributed by atoms with van der Waals surface area (Å²) in [4.78, 5) is 15.9. The lowest BCUT2D eigenvalue weighted by molar-refractivity contribution is 0.0432. The molecule has 1 aromatic heterocycles. The second-order valence-electron chi connectivity index (χ2n) is 4.86. The van der Waals surface area contributed by atoms with Gasteiger partial charge in [0, 0.05) is 12.8 Å². The van der Waals surface area contributed by atoms with Crippen molar-refractivity contribution in [3.8, 4) is 0 Å². The van der Waals surface area contributed by atoms with Gasteiger partial charge in [0.05, 0.1) is 11.1 Å². The highest BCUT2D eigenvalue weighted by Gasteiger charge is 2.35. The molecule has 0 aromatic carbocycles. The van der Waals surface area contributed by atoms with Crippen LogP contribution in [0.25, 0.3) is 0 Å². The number of alkyl halides is 3. The molecular formula is C13H15Cl4N3O3. The number of alkyl carbamates (subject to hydrolysis) is 1. The largest absolute Gasteiger partial charge is 0.447 e. The third-order valence-corrected chi connectivity index (χ3v) is 3.91. The van der Waals surface area contributed by atoms with E-state index >= 15 is 0 Å². The Morgan fingerprint density at radius 2 is 2.26 bits per heavy atom. The first-order chi connectivity index (χ1) is 10.8. The maximum absolute atomic E-state index is 11.9. The zero-order valence-corrected chi connectivity index (χ0v) is 14.9. The Kier molecular flexibility index (Phi) is 6.85. The van der Waals surface area contributed by atoms with E-state index < -0.39 is 16.1 Å². The van der Waals surface area contributed by atoms with Crippen molar-refractivity contribution in [2.24, 2.45) is 0 Å². The number of hydrogen-bond donors (Lipinski definition) is 2. The molecule has 0 radical (unpaired) electrons. The monoisotopic (exact) mass is 401 g/mol. The summed E-state index contributed by atoms with van der Waals surface area (Å²) in [7, 11) is 0. The van der Waals surface area contributed by atoms with E-state index in [4.69, 9.17) is 55.9 Å². The number of halogens is 4. The number of rotatable bonds is 5. The predicted octanol–water partition coefficient (Wildman–Crippen LogP) is 3.75. The maximum Gasteiger partial charge on any atom is 0.408 e. The number of nitrogens with zero attached hydrogens (tertiary/aromatic N) is 1. The standard InChI is InChI=1S/C13H15Cl4N3O3/c14-8-3-4-10(18-6-8)19-11(13(15,16)17)20-12(21)23-7-9-2-1-5-22-9/h3-4,6,9,11H,1-2,5,7H2,(H,18,19)(H,20,21)/t9-,11+/m1/s1. The van der Waals surface area contributed by atoms with Crippen LogP contribution in [0.2, 0.25) is 5.02 Å². The molecule has 0 aliphatic carbocycles. The van der Waals surface area contributed by atoms with E-state index in [9.17, 15) is 4.79 Å². The van der Waals surface area contributed by atoms with Gasteiger partial charge in [-0.05, 0) is 25.0 Å². The lowest BCUT2D eigenvalue weighted by Gasteiger charge is -2.26. The minimum atomic E-state index is -1.82. The second-order valence-corrected chi connectivity index (χ2v) is 7.66. The number of carbonyl (C=O) groups is 1. The summed E-state index contributed by atoms with van der Waals surface area (Å²) in [5.74, 6) is 0.380. The molecule has 2 atom stereocenters. The van der Waals surface area contributed by atoms with Gasteiger partial charge in [-0.3, -0.25) is 5.32 Å². The highest BCUT2D eigenvalue weighted by molar-refractivity contribution is 6.68. The Balaban J connectivity index is 1.89. The molecule has 0 unspecified atom stereocenters. The van der Waals surface area contributed by atoms with Crippen LogP contribution in [0.3, 0.4) is 0 Å². The van der Waals surface area contributed by atoms with Crippen molar-refractivity contribution in [1.29, 1.82) is 0 Å². The van der Waals surface area contributed by atoms with E-state index in [1.54, 1.807) is 12.1 Å². The Labute approximate surface area is 153 Å². The van der Waals surface area contributed by atoms with E-state index in [1.807, 2.05) is 0 Å². The fourth-order valence-corrected chi connectivity index (χ4v) is 2.35. The normalized spacial score (nSPS) is 19.2. The van der Waals surface area contributed by atoms with Crippen LogP contribution < -0.4 is 10.6 Å². The average molecular weight is 403 g/mol. The lowest BCUT2D eigenvalue weighted by Crippen LogP contribution is -2.49. The van der Waals surface area contributed by atoms with Gasteiger partial charge in [0.2, 0.25) is 3.79 Å². The highest BCUT2D eigenvalue weighted by atomic mass is 35.6. The van der Waals surface area contributed by atoms with Crippen LogP contribution in [0.5, 0.6) is 0 Å². The molecule has 2 rings (SSSR count). The molecule has 23 heavy (non-hydrogen) atoms. The second kappa shape index (κ2) is 8.44. The first-order valence-electron chi connectivity index (χ1n) is 6.84. The fourth-order valence-electron chi connectivity index (χ4n) is 1.91. The van der Waals surface area contributed by atoms with Gasteiger partial charge >= 0.3 is 6.09 Å². The summed E-state index contributed by atoms with van der Waals surface area (Å²) >= 11 is 23.4. The number of hydrogen-bond acceptors (Lipinski definition) is 5. The smallest absolute Gasteiger partial charge is 0.408 e. The molecule has 2 N–H and O–H groups in total. The number of aromatic nitrogens is 1. The van der Waals surface area contributed by atoms with Crippen LogP contribution in [0.15, 0.2) is 18.3 Å². The Morgan fingerprint density at radius 1 is 1.48 bits per heavy atom. The van der Waals surface area contributed by atoms with Crippen LogP contribution in [-0.2, 0) is 9.47 Å². The zero-order chi connectivity index (χ0) is 16.9. The number of ether oxygens (including phenoxy) is 2. The van der Waals surface area contributed by atoms with Crippen molar-refractivity contribution < 1.29 is 14.3 Å². The van der Waals surface area contributed by atoms with Gasteiger partial charge in [-0.2, -0.15) is 0 Å². The summed E-state index contributed by atoms with van der Waals surface area (Å²) in [5.41, 5.74) is 0. The molecule has 0 spiro atoms. The Bertz CT molecular complexity index is 518. The predicted molar refractivity (Wildman–Crippen MR) is 90.4 cm³/mol. The third kappa shape index (κ3) is 6.39. The molecule has 1 amide bonds. The minimum Gasteiger partial charge on any atom is -0.447 e. The molecule has 10 heteroatoms. The Hall–Kier alpha value is -0.660. The molecule has 1 aliphatic heterocycles. The zero-order valence-electron chi connectivity index (χ0n) is 11.9. The van der Waals surface area contributed by atoms with E-state index in [1.165, 1.54) is 6.20 Å². The van der Waals surface area contributed by atoms with Gasteiger partial charge in [0.15, 0.2) is 6.17 Å². The summed E-state index contributed by atoms with van der Waals surface area (Å²) < 4.78 is 8.62. The molecule has 2 heterocycles. The number of nitrogens with one attached hydrogen (secondary N) is 2. The van der Waals surface area contributed by atoms with Crippen molar-refractivity contribution in [3.63, 3.8) is 0 Å². The van der Waals surface area contributed by atoms with Crippen LogP contribution in [0.4, 0.5) is 10.6 Å². The molecule has 1 saturated heterocycles. The van der Waals surface area contributed by atoms with Crippen molar-refractivity contribution >= 4 is 58.3 Å². The number of carbonyl (C=O) groups excluding carboxylic acids is 1. The molecular weight excluding hydrogens is 388 g/mol. The lowest BCUT2D eigenvalue weighted by atomic mass is 10.2. The number of anilines is 1. The van der Waals surface area contributed by atoms with E-state index in [2.05, 4.69) is 15.6 Å². The quantitative estimate of drug-likeness (QED) is 0.579. The molecule has 0 bridgehead atoms. The molecule has 1 fully saturated rings. The topological polar surface area (TPSA) is 72.5 Å². The molecule has 6 nitrogen and oxygen atoms in total. The summed E-state index contributed by atoms with van der Waals surface area (Å²) in [5, 5.41) is 5.71. The minimum absolute atomic E-state index is 0.0853. The summed E-state index contributed by atoms with van der Waals surface area (Å²) in [6.45, 7) is 0.827. The van der Waals surface area contributed by atoms with Gasteiger partial charge in [-0.15, -0.1) is 0 Å². The van der Waals surface area contributed by atoms with Crippen molar-refractivity contribution in [3.05, 3.63) is 23.4 Å². The van der Waals surface area contributed by atoms with E-state index in [0.717, 1.165) is 12.8 Å². The van der Waals surface area contributed by atoms with Crippen molar-refractivity contribution in [2.75, 3.05) is 18.5 Å². The summed E-state index contributed by atoms with van der Waals surface area (Å²) in [6, 6.07) is 3.20. The van der Waals surface area contributed by atoms with Gasteiger partial charge in [0.25, 0.3) is 0 Å². The van der Waals surface area contributed by atoms with E-state index in [0.29, 0.717) is 17.4 Å². The van der Waals surface area contributed by atoms with Gasteiger partial charge in [-0.1, -0.05) is 46.4 Å². The highest BCUT2D eigenvalue weighted by Crippen LogP contribution is 2.31. The first-order valence-corrected chi connectivity index (χ1v) is 8.35. The molecule has 1 aromatic rings. The molecule has 128 valence electrons. The van der Waals surface area contributed by atoms with Crippen LogP contribution in [-0.4, -0.2) is 40.4 Å². The van der Waals surface area contributed by atoms with Crippen LogP contribution in [0.1, 0.15) is 12.8 Å². The van der Waals surface area contributed by atoms with Crippen LogP contribution >= 0.6 is 46.4 Å². The fraction of sp³-hybridized carbons (Fsp3) is 0.538. The molecule has 1 aliphatic rings. The van der Waals surface area contributed by atoms with E-state index in [-0.39, 0.29) is 12.7 Å². The van der Waals surface area contributed by atoms with Crippen LogP contribution in [0, 0.1) is 0 Å². The molecule has 0 saturated carbocycles. The number of amides is 1. The first kappa shape index (κ1) is 18.7. The maximum atomic E-state index is 11.9. The van der Waals surface area contributed by atoms with Gasteiger partial charge in [0.1, 0.15) is 12.4 Å². The van der Waals surface area contributed by atoms with Crippen molar-refractivity contribution in [1.82, 2.24) is 10.3 Å². The van der Waals surface area contributed by atoms with Crippen molar-refractivity contribution in [2.45, 2.75) is 28.9 Å². The third-order valence-electron chi connectivity index (χ3n) is 3.03. The van der Waals surface area contributed by atoms with Gasteiger partial charge < -0.3 is 14.8 Å². The average Bonchev–Trinajstić information content (AvgIpc) is 2.99. The number of pyridine rings is 1. The van der Waals surface area contributed by atoms with Gasteiger partial charge in [-0.25, -0.2) is 9.78 Å². The summed E-state index contributed by atoms with van der Waals surface area (Å²) in [6.07, 6.45) is 1.38.